The van der Waals surface area contributed by atoms with Crippen molar-refractivity contribution in [1.82, 2.24) is 5.32 Å². The fourth-order valence-electron chi connectivity index (χ4n) is 4.07. The number of carbonyl (C=O) groups excluding carboxylic acids is 1. The van der Waals surface area contributed by atoms with Gasteiger partial charge in [-0.1, -0.05) is 66.7 Å². The SMILES string of the molecule is C=CC(NC(=O)OCC1c2ccccc2-c2ccccc21)c1ccc(OC(C)C)cc1. The Hall–Kier alpha value is -3.53. The third kappa shape index (κ3) is 4.48. The van der Waals surface area contributed by atoms with Gasteiger partial charge >= 0.3 is 6.09 Å². The fourth-order valence-corrected chi connectivity index (χ4v) is 4.07. The van der Waals surface area contributed by atoms with Gasteiger partial charge in [-0.15, -0.1) is 6.58 Å². The number of rotatable bonds is 7. The van der Waals surface area contributed by atoms with Crippen LogP contribution in [0.1, 0.15) is 42.5 Å². The maximum Gasteiger partial charge on any atom is 0.407 e. The van der Waals surface area contributed by atoms with E-state index in [1.165, 1.54) is 22.3 Å². The average Bonchev–Trinajstić information content (AvgIpc) is 3.10. The van der Waals surface area contributed by atoms with E-state index in [0.29, 0.717) is 0 Å². The molecule has 0 radical (unpaired) electrons. The summed E-state index contributed by atoms with van der Waals surface area (Å²) in [5.74, 6) is 0.829. The number of carbonyl (C=O) groups is 1. The molecule has 0 saturated carbocycles. The average molecular weight is 414 g/mol. The van der Waals surface area contributed by atoms with Crippen LogP contribution < -0.4 is 10.1 Å². The van der Waals surface area contributed by atoms with Gasteiger partial charge in [-0.3, -0.25) is 0 Å². The molecule has 3 aromatic rings. The van der Waals surface area contributed by atoms with Crippen LogP contribution in [0.15, 0.2) is 85.5 Å². The highest BCUT2D eigenvalue weighted by Crippen LogP contribution is 2.44. The lowest BCUT2D eigenvalue weighted by Crippen LogP contribution is -2.29. The summed E-state index contributed by atoms with van der Waals surface area (Å²) in [6.07, 6.45) is 1.34. The number of amides is 1. The van der Waals surface area contributed by atoms with Crippen molar-refractivity contribution in [2.45, 2.75) is 31.9 Å². The summed E-state index contributed by atoms with van der Waals surface area (Å²) in [7, 11) is 0. The molecule has 1 amide bonds. The first-order valence-electron chi connectivity index (χ1n) is 10.6. The van der Waals surface area contributed by atoms with Crippen molar-refractivity contribution in [3.05, 3.63) is 102 Å². The van der Waals surface area contributed by atoms with E-state index in [9.17, 15) is 4.79 Å². The zero-order valence-corrected chi connectivity index (χ0v) is 17.9. The molecule has 4 nitrogen and oxygen atoms in total. The van der Waals surface area contributed by atoms with Crippen LogP contribution in [0.25, 0.3) is 11.1 Å². The quantitative estimate of drug-likeness (QED) is 0.467. The van der Waals surface area contributed by atoms with E-state index in [-0.39, 0.29) is 24.7 Å². The summed E-state index contributed by atoms with van der Waals surface area (Å²) < 4.78 is 11.3. The van der Waals surface area contributed by atoms with Crippen LogP contribution in [-0.2, 0) is 4.74 Å². The number of benzene rings is 3. The van der Waals surface area contributed by atoms with Crippen LogP contribution in [0.2, 0.25) is 0 Å². The molecule has 0 aliphatic heterocycles. The molecule has 0 spiro atoms. The second-order valence-electron chi connectivity index (χ2n) is 7.92. The minimum absolute atomic E-state index is 0.0350. The van der Waals surface area contributed by atoms with E-state index in [2.05, 4.69) is 36.2 Å². The molecule has 31 heavy (non-hydrogen) atoms. The number of hydrogen-bond acceptors (Lipinski definition) is 3. The van der Waals surface area contributed by atoms with Gasteiger partial charge in [-0.25, -0.2) is 4.79 Å². The molecule has 3 aromatic carbocycles. The van der Waals surface area contributed by atoms with Gasteiger partial charge in [0, 0.05) is 5.92 Å². The second-order valence-corrected chi connectivity index (χ2v) is 7.92. The predicted molar refractivity (Wildman–Crippen MR) is 123 cm³/mol. The Morgan fingerprint density at radius 1 is 0.968 bits per heavy atom. The molecule has 4 heteroatoms. The maximum atomic E-state index is 12.6. The van der Waals surface area contributed by atoms with Crippen LogP contribution in [0.3, 0.4) is 0 Å². The van der Waals surface area contributed by atoms with Crippen molar-refractivity contribution in [3.8, 4) is 16.9 Å². The summed E-state index contributed by atoms with van der Waals surface area (Å²) >= 11 is 0. The molecule has 158 valence electrons. The lowest BCUT2D eigenvalue weighted by molar-refractivity contribution is 0.141. The summed E-state index contributed by atoms with van der Waals surface area (Å²) in [6.45, 7) is 8.11. The van der Waals surface area contributed by atoms with Crippen molar-refractivity contribution in [3.63, 3.8) is 0 Å². The van der Waals surface area contributed by atoms with E-state index in [4.69, 9.17) is 9.47 Å². The first-order valence-corrected chi connectivity index (χ1v) is 10.6. The number of ether oxygens (including phenoxy) is 2. The Morgan fingerprint density at radius 3 is 2.10 bits per heavy atom. The lowest BCUT2D eigenvalue weighted by Gasteiger charge is -2.18. The van der Waals surface area contributed by atoms with Crippen LogP contribution >= 0.6 is 0 Å². The molecular formula is C27H27NO3. The molecule has 1 aliphatic carbocycles. The van der Waals surface area contributed by atoms with Gasteiger partial charge in [0.15, 0.2) is 0 Å². The molecule has 0 heterocycles. The molecule has 4 rings (SSSR count). The smallest absolute Gasteiger partial charge is 0.407 e. The molecule has 0 aromatic heterocycles. The third-order valence-electron chi connectivity index (χ3n) is 5.46. The number of fused-ring (bicyclic) bond motifs is 3. The summed E-state index contributed by atoms with van der Waals surface area (Å²) in [5.41, 5.74) is 5.72. The van der Waals surface area contributed by atoms with E-state index in [1.54, 1.807) is 6.08 Å². The van der Waals surface area contributed by atoms with E-state index < -0.39 is 6.09 Å². The molecule has 1 aliphatic rings. The van der Waals surface area contributed by atoms with Gasteiger partial charge in [-0.05, 0) is 53.8 Å². The Balaban J connectivity index is 1.41. The van der Waals surface area contributed by atoms with Gasteiger partial charge in [-0.2, -0.15) is 0 Å². The highest BCUT2D eigenvalue weighted by Gasteiger charge is 2.29. The highest BCUT2D eigenvalue weighted by atomic mass is 16.5. The molecule has 0 bridgehead atoms. The first-order chi connectivity index (χ1) is 15.1. The van der Waals surface area contributed by atoms with Gasteiger partial charge < -0.3 is 14.8 Å². The van der Waals surface area contributed by atoms with Crippen molar-refractivity contribution in [2.75, 3.05) is 6.61 Å². The Kier molecular flexibility index (Phi) is 6.08. The second kappa shape index (κ2) is 9.09. The molecule has 1 N–H and O–H groups in total. The number of alkyl carbamates (subject to hydrolysis) is 1. The van der Waals surface area contributed by atoms with Gasteiger partial charge in [0.05, 0.1) is 12.1 Å². The minimum atomic E-state index is -0.464. The first kappa shape index (κ1) is 20.7. The standard InChI is InChI=1S/C27H27NO3/c1-4-26(19-13-15-20(16-14-19)31-18(2)3)28-27(29)30-17-25-23-11-7-5-9-21(23)22-10-6-8-12-24(22)25/h4-16,18,25-26H,1,17H2,2-3H3,(H,28,29). The van der Waals surface area contributed by atoms with Crippen LogP contribution in [0.5, 0.6) is 5.75 Å². The zero-order valence-electron chi connectivity index (χ0n) is 17.9. The lowest BCUT2D eigenvalue weighted by atomic mass is 9.98. The van der Waals surface area contributed by atoms with Crippen LogP contribution in [0, 0.1) is 0 Å². The third-order valence-corrected chi connectivity index (χ3v) is 5.46. The topological polar surface area (TPSA) is 47.6 Å². The van der Waals surface area contributed by atoms with Crippen molar-refractivity contribution >= 4 is 6.09 Å². The van der Waals surface area contributed by atoms with Gasteiger partial charge in [0.25, 0.3) is 0 Å². The Morgan fingerprint density at radius 2 is 1.55 bits per heavy atom. The maximum absolute atomic E-state index is 12.6. The van der Waals surface area contributed by atoms with Gasteiger partial charge in [0.1, 0.15) is 12.4 Å². The molecule has 1 atom stereocenters. The summed E-state index contributed by atoms with van der Waals surface area (Å²) in [4.78, 5) is 12.6. The number of hydrogen-bond donors (Lipinski definition) is 1. The minimum Gasteiger partial charge on any atom is -0.491 e. The molecule has 0 fully saturated rings. The Bertz CT molecular complexity index is 1030. The zero-order chi connectivity index (χ0) is 21.8. The van der Waals surface area contributed by atoms with Crippen molar-refractivity contribution < 1.29 is 14.3 Å². The van der Waals surface area contributed by atoms with E-state index in [1.807, 2.05) is 62.4 Å². The van der Waals surface area contributed by atoms with Crippen LogP contribution in [-0.4, -0.2) is 18.8 Å². The normalized spacial score (nSPS) is 13.3. The largest absolute Gasteiger partial charge is 0.491 e. The predicted octanol–water partition coefficient (Wildman–Crippen LogP) is 6.24. The monoisotopic (exact) mass is 413 g/mol. The van der Waals surface area contributed by atoms with E-state index in [0.717, 1.165) is 11.3 Å². The molecule has 0 saturated heterocycles. The van der Waals surface area contributed by atoms with Crippen molar-refractivity contribution in [1.29, 1.82) is 0 Å². The number of nitrogens with one attached hydrogen (secondary N) is 1. The van der Waals surface area contributed by atoms with Crippen LogP contribution in [0.4, 0.5) is 4.79 Å². The Labute approximate surface area is 183 Å². The summed E-state index contributed by atoms with van der Waals surface area (Å²) in [5, 5.41) is 2.90. The molecular weight excluding hydrogens is 386 g/mol. The van der Waals surface area contributed by atoms with Crippen molar-refractivity contribution in [2.24, 2.45) is 0 Å². The van der Waals surface area contributed by atoms with E-state index >= 15 is 0 Å². The molecule has 1 unspecified atom stereocenters. The summed E-state index contributed by atoms with van der Waals surface area (Å²) in [6, 6.07) is 23.9. The van der Waals surface area contributed by atoms with Gasteiger partial charge in [0.2, 0.25) is 0 Å². The highest BCUT2D eigenvalue weighted by molar-refractivity contribution is 5.79. The fraction of sp³-hybridized carbons (Fsp3) is 0.222.